The fraction of sp³-hybridized carbons (Fsp3) is 1.00. The van der Waals surface area contributed by atoms with Gasteiger partial charge in [0.1, 0.15) is 0 Å². The SMILES string of the molecule is CCN1CCCC(CN)(N2CCCC(C)(C)C2)CC1. The molecule has 0 aromatic carbocycles. The molecule has 1 unspecified atom stereocenters. The van der Waals surface area contributed by atoms with Gasteiger partial charge in [0.25, 0.3) is 0 Å². The largest absolute Gasteiger partial charge is 0.329 e. The lowest BCUT2D eigenvalue weighted by Gasteiger charge is -2.49. The molecule has 0 aromatic rings. The summed E-state index contributed by atoms with van der Waals surface area (Å²) < 4.78 is 0. The predicted molar refractivity (Wildman–Crippen MR) is 82.3 cm³/mol. The minimum atomic E-state index is 0.279. The number of nitrogens with two attached hydrogens (primary N) is 1. The van der Waals surface area contributed by atoms with Crippen molar-refractivity contribution in [2.75, 3.05) is 39.3 Å². The Balaban J connectivity index is 2.08. The molecule has 2 fully saturated rings. The maximum absolute atomic E-state index is 6.25. The molecule has 0 aliphatic carbocycles. The van der Waals surface area contributed by atoms with Gasteiger partial charge < -0.3 is 10.6 Å². The van der Waals surface area contributed by atoms with Gasteiger partial charge in [-0.2, -0.15) is 0 Å². The van der Waals surface area contributed by atoms with Crippen LogP contribution in [0.5, 0.6) is 0 Å². The highest BCUT2D eigenvalue weighted by Crippen LogP contribution is 2.36. The first-order valence-electron chi connectivity index (χ1n) is 8.19. The van der Waals surface area contributed by atoms with Gasteiger partial charge in [-0.05, 0) is 63.7 Å². The van der Waals surface area contributed by atoms with E-state index in [1.54, 1.807) is 0 Å². The Morgan fingerprint density at radius 2 is 1.74 bits per heavy atom. The van der Waals surface area contributed by atoms with Crippen molar-refractivity contribution in [3.63, 3.8) is 0 Å². The summed E-state index contributed by atoms with van der Waals surface area (Å²) in [5.41, 5.74) is 7.00. The Labute approximate surface area is 119 Å². The maximum Gasteiger partial charge on any atom is 0.0344 e. The van der Waals surface area contributed by atoms with Crippen LogP contribution in [-0.2, 0) is 0 Å². The van der Waals surface area contributed by atoms with Gasteiger partial charge >= 0.3 is 0 Å². The molecule has 0 amide bonds. The highest BCUT2D eigenvalue weighted by atomic mass is 15.2. The fourth-order valence-corrected chi connectivity index (χ4v) is 4.03. The Hall–Kier alpha value is -0.120. The van der Waals surface area contributed by atoms with E-state index in [-0.39, 0.29) is 5.54 Å². The Morgan fingerprint density at radius 3 is 2.37 bits per heavy atom. The summed E-state index contributed by atoms with van der Waals surface area (Å²) in [5.74, 6) is 0. The molecule has 0 aromatic heterocycles. The normalized spacial score (nSPS) is 34.1. The summed E-state index contributed by atoms with van der Waals surface area (Å²) in [6.07, 6.45) is 6.56. The van der Waals surface area contributed by atoms with Gasteiger partial charge in [0.15, 0.2) is 0 Å². The minimum absolute atomic E-state index is 0.279. The van der Waals surface area contributed by atoms with E-state index in [2.05, 4.69) is 30.6 Å². The molecule has 2 saturated heterocycles. The first-order chi connectivity index (χ1) is 9.01. The van der Waals surface area contributed by atoms with Crippen molar-refractivity contribution in [1.82, 2.24) is 9.80 Å². The van der Waals surface area contributed by atoms with Crippen LogP contribution in [0.2, 0.25) is 0 Å². The molecule has 2 heterocycles. The van der Waals surface area contributed by atoms with Crippen molar-refractivity contribution >= 4 is 0 Å². The Bertz CT molecular complexity index is 290. The van der Waals surface area contributed by atoms with Gasteiger partial charge in [-0.15, -0.1) is 0 Å². The molecule has 0 radical (unpaired) electrons. The summed E-state index contributed by atoms with van der Waals surface area (Å²) in [7, 11) is 0. The summed E-state index contributed by atoms with van der Waals surface area (Å²) >= 11 is 0. The quantitative estimate of drug-likeness (QED) is 0.852. The standard InChI is InChI=1S/C16H33N3/c1-4-18-10-6-8-16(13-17,9-12-18)19-11-5-7-15(2,3)14-19/h4-14,17H2,1-3H3. The lowest BCUT2D eigenvalue weighted by molar-refractivity contribution is 0.00943. The predicted octanol–water partition coefficient (Wildman–Crippen LogP) is 2.31. The zero-order valence-corrected chi connectivity index (χ0v) is 13.2. The van der Waals surface area contributed by atoms with Crippen LogP contribution < -0.4 is 5.73 Å². The highest BCUT2D eigenvalue weighted by molar-refractivity contribution is 4.97. The van der Waals surface area contributed by atoms with Crippen LogP contribution in [0.1, 0.15) is 52.9 Å². The molecule has 0 bridgehead atoms. The molecular weight excluding hydrogens is 234 g/mol. The van der Waals surface area contributed by atoms with Gasteiger partial charge in [-0.3, -0.25) is 4.90 Å². The van der Waals surface area contributed by atoms with Crippen LogP contribution in [0.25, 0.3) is 0 Å². The van der Waals surface area contributed by atoms with E-state index >= 15 is 0 Å². The van der Waals surface area contributed by atoms with Crippen molar-refractivity contribution in [2.24, 2.45) is 11.1 Å². The molecule has 2 aliphatic rings. The Kier molecular flexibility index (Phi) is 4.91. The van der Waals surface area contributed by atoms with E-state index in [1.165, 1.54) is 64.8 Å². The molecule has 2 aliphatic heterocycles. The van der Waals surface area contributed by atoms with E-state index in [0.29, 0.717) is 5.41 Å². The average Bonchev–Trinajstić information content (AvgIpc) is 2.60. The second-order valence-electron chi connectivity index (χ2n) is 7.41. The molecule has 112 valence electrons. The van der Waals surface area contributed by atoms with Crippen LogP contribution in [0.15, 0.2) is 0 Å². The number of likely N-dealkylation sites (tertiary alicyclic amines) is 2. The smallest absolute Gasteiger partial charge is 0.0344 e. The minimum Gasteiger partial charge on any atom is -0.329 e. The van der Waals surface area contributed by atoms with E-state index in [0.717, 1.165) is 6.54 Å². The zero-order chi connectivity index (χ0) is 13.9. The second kappa shape index (κ2) is 6.11. The molecule has 1 atom stereocenters. The molecule has 0 saturated carbocycles. The molecule has 3 nitrogen and oxygen atoms in total. The molecule has 19 heavy (non-hydrogen) atoms. The number of rotatable bonds is 3. The Morgan fingerprint density at radius 1 is 1.00 bits per heavy atom. The summed E-state index contributed by atoms with van der Waals surface area (Å²) in [4.78, 5) is 5.34. The first kappa shape index (κ1) is 15.3. The summed E-state index contributed by atoms with van der Waals surface area (Å²) in [6, 6.07) is 0. The molecular formula is C16H33N3. The summed E-state index contributed by atoms with van der Waals surface area (Å²) in [6.45, 7) is 14.1. The molecule has 2 rings (SSSR count). The van der Waals surface area contributed by atoms with Gasteiger partial charge in [0, 0.05) is 18.6 Å². The third kappa shape index (κ3) is 3.50. The topological polar surface area (TPSA) is 32.5 Å². The maximum atomic E-state index is 6.25. The summed E-state index contributed by atoms with van der Waals surface area (Å²) in [5, 5.41) is 0. The average molecular weight is 267 g/mol. The monoisotopic (exact) mass is 267 g/mol. The molecule has 0 spiro atoms. The third-order valence-electron chi connectivity index (χ3n) is 5.41. The second-order valence-corrected chi connectivity index (χ2v) is 7.41. The lowest BCUT2D eigenvalue weighted by atomic mass is 9.79. The number of piperidine rings is 1. The van der Waals surface area contributed by atoms with Gasteiger partial charge in [-0.1, -0.05) is 20.8 Å². The number of nitrogens with zero attached hydrogens (tertiary/aromatic N) is 2. The van der Waals surface area contributed by atoms with Crippen molar-refractivity contribution in [2.45, 2.75) is 58.4 Å². The van der Waals surface area contributed by atoms with Crippen LogP contribution in [0.4, 0.5) is 0 Å². The highest BCUT2D eigenvalue weighted by Gasteiger charge is 2.40. The third-order valence-corrected chi connectivity index (χ3v) is 5.41. The first-order valence-corrected chi connectivity index (χ1v) is 8.19. The fourth-order valence-electron chi connectivity index (χ4n) is 4.03. The van der Waals surface area contributed by atoms with Crippen molar-refractivity contribution in [3.8, 4) is 0 Å². The van der Waals surface area contributed by atoms with Crippen molar-refractivity contribution in [3.05, 3.63) is 0 Å². The molecule has 3 heteroatoms. The van der Waals surface area contributed by atoms with Gasteiger partial charge in [0.05, 0.1) is 0 Å². The van der Waals surface area contributed by atoms with Gasteiger partial charge in [-0.25, -0.2) is 0 Å². The van der Waals surface area contributed by atoms with Crippen LogP contribution in [0, 0.1) is 5.41 Å². The number of hydrogen-bond donors (Lipinski definition) is 1. The van der Waals surface area contributed by atoms with E-state index in [9.17, 15) is 0 Å². The van der Waals surface area contributed by atoms with Crippen LogP contribution in [0.3, 0.4) is 0 Å². The van der Waals surface area contributed by atoms with E-state index in [1.807, 2.05) is 0 Å². The van der Waals surface area contributed by atoms with Crippen molar-refractivity contribution in [1.29, 1.82) is 0 Å². The van der Waals surface area contributed by atoms with E-state index < -0.39 is 0 Å². The zero-order valence-electron chi connectivity index (χ0n) is 13.2. The molecule has 2 N–H and O–H groups in total. The lowest BCUT2D eigenvalue weighted by Crippen LogP contribution is -2.58. The van der Waals surface area contributed by atoms with Crippen molar-refractivity contribution < 1.29 is 0 Å². The van der Waals surface area contributed by atoms with Gasteiger partial charge in [0.2, 0.25) is 0 Å². The van der Waals surface area contributed by atoms with Crippen LogP contribution >= 0.6 is 0 Å². The number of hydrogen-bond acceptors (Lipinski definition) is 3. The van der Waals surface area contributed by atoms with Crippen LogP contribution in [-0.4, -0.2) is 54.6 Å². The van der Waals surface area contributed by atoms with E-state index in [4.69, 9.17) is 5.73 Å².